The van der Waals surface area contributed by atoms with E-state index in [1.165, 1.54) is 12.7 Å². The highest BCUT2D eigenvalue weighted by Crippen LogP contribution is 2.28. The third kappa shape index (κ3) is 5.76. The molecule has 1 saturated heterocycles. The first kappa shape index (κ1) is 22.6. The Morgan fingerprint density at radius 2 is 1.81 bits per heavy atom. The molecule has 0 radical (unpaired) electrons. The Hall–Kier alpha value is -3.06. The minimum Gasteiger partial charge on any atom is -0.484 e. The Morgan fingerprint density at radius 1 is 1.06 bits per heavy atom. The maximum absolute atomic E-state index is 12.6. The molecule has 1 aliphatic rings. The highest BCUT2D eigenvalue weighted by atomic mass is 16.5. The number of amides is 1. The molecule has 7 heteroatoms. The summed E-state index contributed by atoms with van der Waals surface area (Å²) in [5, 5.41) is 2.93. The Labute approximate surface area is 183 Å². The highest BCUT2D eigenvalue weighted by Gasteiger charge is 2.22. The van der Waals surface area contributed by atoms with Gasteiger partial charge in [-0.05, 0) is 62.2 Å². The summed E-state index contributed by atoms with van der Waals surface area (Å²) >= 11 is 0. The maximum Gasteiger partial charge on any atom is 0.337 e. The van der Waals surface area contributed by atoms with Gasteiger partial charge in [-0.2, -0.15) is 0 Å². The molecule has 31 heavy (non-hydrogen) atoms. The predicted octanol–water partition coefficient (Wildman–Crippen LogP) is 1.83. The molecule has 2 aromatic rings. The highest BCUT2D eigenvalue weighted by molar-refractivity contribution is 5.98. The number of esters is 1. The summed E-state index contributed by atoms with van der Waals surface area (Å²) in [5.74, 6) is -0.0616. The van der Waals surface area contributed by atoms with Gasteiger partial charge in [0.1, 0.15) is 5.75 Å². The average Bonchev–Trinajstić information content (AvgIpc) is 2.79. The third-order valence-electron chi connectivity index (χ3n) is 5.85. The summed E-state index contributed by atoms with van der Waals surface area (Å²) in [5.41, 5.74) is 4.18. The number of hydrogen-bond acceptors (Lipinski definition) is 5. The minimum absolute atomic E-state index is 0.113. The average molecular weight is 427 g/mol. The van der Waals surface area contributed by atoms with E-state index in [0.29, 0.717) is 17.0 Å². The molecule has 3 rings (SSSR count). The second-order valence-electron chi connectivity index (χ2n) is 7.90. The molecule has 2 N–H and O–H groups in total. The van der Waals surface area contributed by atoms with E-state index >= 15 is 0 Å². The minimum atomic E-state index is -0.436. The first-order valence-electron chi connectivity index (χ1n) is 10.7. The summed E-state index contributed by atoms with van der Waals surface area (Å²) < 4.78 is 10.5. The number of anilines is 2. The Balaban J connectivity index is 1.74. The number of quaternary nitrogens is 1. The molecule has 0 bridgehead atoms. The van der Waals surface area contributed by atoms with Crippen LogP contribution in [0.4, 0.5) is 11.4 Å². The lowest BCUT2D eigenvalue weighted by atomic mass is 10.1. The lowest BCUT2D eigenvalue weighted by Crippen LogP contribution is -3.14. The van der Waals surface area contributed by atoms with Crippen LogP contribution in [0.1, 0.15) is 28.4 Å². The molecule has 166 valence electrons. The molecule has 0 spiro atoms. The summed E-state index contributed by atoms with van der Waals surface area (Å²) in [7, 11) is 1.35. The number of rotatable bonds is 7. The molecular weight excluding hydrogens is 394 g/mol. The zero-order chi connectivity index (χ0) is 22.4. The number of ether oxygens (including phenoxy) is 2. The molecule has 0 aliphatic carbocycles. The number of hydrogen-bond donors (Lipinski definition) is 2. The van der Waals surface area contributed by atoms with Gasteiger partial charge < -0.3 is 24.6 Å². The van der Waals surface area contributed by atoms with E-state index in [0.717, 1.165) is 44.0 Å². The van der Waals surface area contributed by atoms with Crippen LogP contribution in [0.2, 0.25) is 0 Å². The molecule has 0 saturated carbocycles. The third-order valence-corrected chi connectivity index (χ3v) is 5.85. The second-order valence-corrected chi connectivity index (χ2v) is 7.90. The van der Waals surface area contributed by atoms with E-state index in [1.807, 2.05) is 38.1 Å². The van der Waals surface area contributed by atoms with Crippen LogP contribution in [-0.2, 0) is 9.53 Å². The van der Waals surface area contributed by atoms with E-state index in [4.69, 9.17) is 9.47 Å². The molecule has 2 aromatic carbocycles. The van der Waals surface area contributed by atoms with Crippen molar-refractivity contribution in [3.05, 3.63) is 53.1 Å². The van der Waals surface area contributed by atoms with E-state index in [2.05, 4.69) is 17.1 Å². The number of methoxy groups -OCH3 is 1. The van der Waals surface area contributed by atoms with Crippen molar-refractivity contribution in [3.8, 4) is 5.75 Å². The molecule has 0 unspecified atom stereocenters. The van der Waals surface area contributed by atoms with Gasteiger partial charge in [0.2, 0.25) is 0 Å². The monoisotopic (exact) mass is 426 g/mol. The van der Waals surface area contributed by atoms with Gasteiger partial charge in [-0.1, -0.05) is 6.07 Å². The predicted molar refractivity (Wildman–Crippen MR) is 121 cm³/mol. The fraction of sp³-hybridized carbons (Fsp3) is 0.417. The van der Waals surface area contributed by atoms with E-state index < -0.39 is 5.97 Å². The summed E-state index contributed by atoms with van der Waals surface area (Å²) in [6, 6.07) is 11.0. The summed E-state index contributed by atoms with van der Waals surface area (Å²) in [6.07, 6.45) is 0. The van der Waals surface area contributed by atoms with Crippen molar-refractivity contribution in [1.29, 1.82) is 0 Å². The van der Waals surface area contributed by atoms with Crippen molar-refractivity contribution < 1.29 is 24.0 Å². The van der Waals surface area contributed by atoms with Crippen LogP contribution in [0, 0.1) is 13.8 Å². The van der Waals surface area contributed by atoms with Gasteiger partial charge in [-0.3, -0.25) is 4.79 Å². The van der Waals surface area contributed by atoms with Crippen LogP contribution < -0.4 is 19.9 Å². The smallest absolute Gasteiger partial charge is 0.337 e. The van der Waals surface area contributed by atoms with Crippen molar-refractivity contribution in [2.24, 2.45) is 0 Å². The van der Waals surface area contributed by atoms with Crippen molar-refractivity contribution >= 4 is 23.3 Å². The van der Waals surface area contributed by atoms with Crippen LogP contribution in [-0.4, -0.2) is 58.3 Å². The van der Waals surface area contributed by atoms with Gasteiger partial charge >= 0.3 is 5.97 Å². The van der Waals surface area contributed by atoms with Crippen molar-refractivity contribution in [2.75, 3.05) is 56.7 Å². The molecular formula is C24H32N3O4+. The largest absolute Gasteiger partial charge is 0.484 e. The molecule has 7 nitrogen and oxygen atoms in total. The first-order chi connectivity index (χ1) is 14.9. The maximum atomic E-state index is 12.6. The Kier molecular flexibility index (Phi) is 7.52. The number of carbonyl (C=O) groups is 2. The molecule has 1 fully saturated rings. The summed E-state index contributed by atoms with van der Waals surface area (Å²) in [4.78, 5) is 28.5. The van der Waals surface area contributed by atoms with Crippen LogP contribution in [0.25, 0.3) is 0 Å². The zero-order valence-electron chi connectivity index (χ0n) is 18.8. The van der Waals surface area contributed by atoms with E-state index in [-0.39, 0.29) is 12.5 Å². The second kappa shape index (κ2) is 10.3. The molecule has 1 heterocycles. The normalized spacial score (nSPS) is 14.3. The summed E-state index contributed by atoms with van der Waals surface area (Å²) in [6.45, 7) is 11.1. The fourth-order valence-corrected chi connectivity index (χ4v) is 3.71. The van der Waals surface area contributed by atoms with Crippen LogP contribution in [0.5, 0.6) is 5.75 Å². The van der Waals surface area contributed by atoms with Crippen molar-refractivity contribution in [1.82, 2.24) is 0 Å². The lowest BCUT2D eigenvalue weighted by Gasteiger charge is -2.34. The van der Waals surface area contributed by atoms with Crippen molar-refractivity contribution in [2.45, 2.75) is 20.8 Å². The zero-order valence-corrected chi connectivity index (χ0v) is 18.8. The van der Waals surface area contributed by atoms with Gasteiger partial charge in [-0.15, -0.1) is 0 Å². The van der Waals surface area contributed by atoms with Gasteiger partial charge in [0.15, 0.2) is 6.61 Å². The number of benzene rings is 2. The standard InChI is InChI=1S/C24H31N3O4/c1-5-26-10-12-27(13-11-26)22-9-7-19(24(29)30-4)15-21(22)25-23(28)16-31-20-8-6-17(2)18(3)14-20/h6-9,14-15H,5,10-13,16H2,1-4H3,(H,25,28)/p+1. The number of nitrogens with one attached hydrogen (secondary N) is 2. The van der Waals surface area contributed by atoms with Crippen LogP contribution in [0.15, 0.2) is 36.4 Å². The lowest BCUT2D eigenvalue weighted by molar-refractivity contribution is -0.898. The van der Waals surface area contributed by atoms with Crippen molar-refractivity contribution in [3.63, 3.8) is 0 Å². The molecule has 0 atom stereocenters. The van der Waals surface area contributed by atoms with Gasteiger partial charge in [-0.25, -0.2) is 4.79 Å². The van der Waals surface area contributed by atoms with Crippen LogP contribution in [0.3, 0.4) is 0 Å². The quantitative estimate of drug-likeness (QED) is 0.661. The number of likely N-dealkylation sites (N-methyl/N-ethyl adjacent to an activating group) is 1. The number of piperazine rings is 1. The molecule has 1 aliphatic heterocycles. The fourth-order valence-electron chi connectivity index (χ4n) is 3.71. The number of carbonyl (C=O) groups excluding carboxylic acids is 2. The topological polar surface area (TPSA) is 72.3 Å². The molecule has 1 amide bonds. The van der Waals surface area contributed by atoms with E-state index in [9.17, 15) is 9.59 Å². The Morgan fingerprint density at radius 3 is 2.45 bits per heavy atom. The van der Waals surface area contributed by atoms with Gasteiger partial charge in [0, 0.05) is 0 Å². The van der Waals surface area contributed by atoms with Crippen LogP contribution >= 0.6 is 0 Å². The SMILES string of the molecule is CC[NH+]1CCN(c2ccc(C(=O)OC)cc2NC(=O)COc2ccc(C)c(C)c2)CC1. The Bertz CT molecular complexity index is 936. The first-order valence-corrected chi connectivity index (χ1v) is 10.7. The van der Waals surface area contributed by atoms with Gasteiger partial charge in [0.05, 0.1) is 56.8 Å². The number of nitrogens with zero attached hydrogens (tertiary/aromatic N) is 1. The number of aryl methyl sites for hydroxylation is 2. The van der Waals surface area contributed by atoms with E-state index in [1.54, 1.807) is 17.0 Å². The van der Waals surface area contributed by atoms with Gasteiger partial charge in [0.25, 0.3) is 5.91 Å². The molecule has 0 aromatic heterocycles.